The van der Waals surface area contributed by atoms with Crippen molar-refractivity contribution in [3.8, 4) is 11.5 Å². The molecule has 1 aliphatic heterocycles. The maximum absolute atomic E-state index is 13.6. The summed E-state index contributed by atoms with van der Waals surface area (Å²) in [6, 6.07) is 16.4. The molecule has 0 spiro atoms. The van der Waals surface area contributed by atoms with Gasteiger partial charge in [0.15, 0.2) is 5.11 Å². The summed E-state index contributed by atoms with van der Waals surface area (Å²) in [5, 5.41) is 11.0. The van der Waals surface area contributed by atoms with Gasteiger partial charge in [-0.15, -0.1) is 0 Å². The lowest BCUT2D eigenvalue weighted by molar-refractivity contribution is -0.384. The van der Waals surface area contributed by atoms with Crippen LogP contribution in [0.2, 0.25) is 0 Å². The largest absolute Gasteiger partial charge is 0.497 e. The van der Waals surface area contributed by atoms with Crippen LogP contribution in [0.25, 0.3) is 6.08 Å². The van der Waals surface area contributed by atoms with E-state index in [9.17, 15) is 19.7 Å². The quantitative estimate of drug-likeness (QED) is 0.0897. The van der Waals surface area contributed by atoms with Gasteiger partial charge >= 0.3 is 5.97 Å². The lowest BCUT2D eigenvalue weighted by atomic mass is 10.1. The summed E-state index contributed by atoms with van der Waals surface area (Å²) >= 11 is 12.6. The minimum absolute atomic E-state index is 0.00348. The highest BCUT2D eigenvalue weighted by Crippen LogP contribution is 2.37. The SMILES string of the molecule is COC(=O)CN1C(=S)N(c2ccc(OC)cc2)C(=O)/C1=C/c1cc(Br)c(OCc2ccc([N+](=O)[O-])cc2)c(Br)c1. The van der Waals surface area contributed by atoms with Crippen molar-refractivity contribution < 1.29 is 28.7 Å². The summed E-state index contributed by atoms with van der Waals surface area (Å²) in [5.41, 5.74) is 2.07. The number of nitro benzene ring substituents is 1. The molecule has 0 unspecified atom stereocenters. The van der Waals surface area contributed by atoms with Crippen molar-refractivity contribution in [3.63, 3.8) is 0 Å². The minimum atomic E-state index is -0.560. The lowest BCUT2D eigenvalue weighted by Crippen LogP contribution is -2.35. The molecule has 0 radical (unpaired) electrons. The monoisotopic (exact) mass is 689 g/mol. The van der Waals surface area contributed by atoms with E-state index in [4.69, 9.17) is 26.4 Å². The summed E-state index contributed by atoms with van der Waals surface area (Å²) < 4.78 is 17.1. The Morgan fingerprint density at radius 3 is 2.23 bits per heavy atom. The summed E-state index contributed by atoms with van der Waals surface area (Å²) in [7, 11) is 2.80. The second kappa shape index (κ2) is 12.6. The molecular weight excluding hydrogens is 670 g/mol. The minimum Gasteiger partial charge on any atom is -0.497 e. The molecule has 0 bridgehead atoms. The number of non-ortho nitro benzene ring substituents is 1. The van der Waals surface area contributed by atoms with Crippen LogP contribution in [-0.2, 0) is 20.9 Å². The van der Waals surface area contributed by atoms with E-state index in [1.54, 1.807) is 61.7 Å². The van der Waals surface area contributed by atoms with Crippen molar-refractivity contribution >= 4 is 78.5 Å². The lowest BCUT2D eigenvalue weighted by Gasteiger charge is -2.19. The van der Waals surface area contributed by atoms with Gasteiger partial charge in [0.2, 0.25) is 0 Å². The van der Waals surface area contributed by atoms with Crippen LogP contribution < -0.4 is 14.4 Å². The van der Waals surface area contributed by atoms with Crippen LogP contribution in [0.5, 0.6) is 11.5 Å². The molecule has 40 heavy (non-hydrogen) atoms. The highest BCUT2D eigenvalue weighted by Gasteiger charge is 2.40. The van der Waals surface area contributed by atoms with Crippen LogP contribution >= 0.6 is 44.1 Å². The fourth-order valence-corrected chi connectivity index (χ4v) is 5.62. The van der Waals surface area contributed by atoms with Crippen LogP contribution in [0, 0.1) is 10.1 Å². The molecule has 1 saturated heterocycles. The Morgan fingerprint density at radius 1 is 1.05 bits per heavy atom. The van der Waals surface area contributed by atoms with Gasteiger partial charge in [-0.25, -0.2) is 0 Å². The fraction of sp³-hybridized carbons (Fsp3) is 0.148. The number of hydrogen-bond acceptors (Lipinski definition) is 8. The number of carbonyl (C=O) groups is 2. The van der Waals surface area contributed by atoms with E-state index in [2.05, 4.69) is 31.9 Å². The maximum atomic E-state index is 13.6. The zero-order chi connectivity index (χ0) is 29.0. The third kappa shape index (κ3) is 6.32. The second-order valence-corrected chi connectivity index (χ2v) is 10.4. The summed E-state index contributed by atoms with van der Waals surface area (Å²) in [6.45, 7) is -0.0789. The van der Waals surface area contributed by atoms with Gasteiger partial charge in [0.1, 0.15) is 30.3 Å². The van der Waals surface area contributed by atoms with Crippen LogP contribution in [0.4, 0.5) is 11.4 Å². The van der Waals surface area contributed by atoms with E-state index in [0.717, 1.165) is 5.56 Å². The molecule has 0 aliphatic carbocycles. The normalized spacial score (nSPS) is 14.1. The number of esters is 1. The highest BCUT2D eigenvalue weighted by molar-refractivity contribution is 9.11. The van der Waals surface area contributed by atoms with Gasteiger partial charge in [-0.2, -0.15) is 0 Å². The molecule has 4 rings (SSSR count). The first kappa shape index (κ1) is 29.2. The van der Waals surface area contributed by atoms with Gasteiger partial charge in [-0.1, -0.05) is 0 Å². The zero-order valence-electron chi connectivity index (χ0n) is 21.1. The standard InChI is InChI=1S/C27H21Br2N3O7S/c1-37-20-9-7-18(8-10-20)31-26(34)23(30(27(31)40)14-24(33)38-2)13-17-11-21(28)25(22(29)12-17)39-15-16-3-5-19(6-4-16)32(35)36/h3-13H,14-15H2,1-2H3/b23-13-. The molecule has 1 heterocycles. The smallest absolute Gasteiger partial charge is 0.325 e. The van der Waals surface area contributed by atoms with Gasteiger partial charge < -0.3 is 19.1 Å². The van der Waals surface area contributed by atoms with Crippen molar-refractivity contribution in [1.82, 2.24) is 4.90 Å². The number of methoxy groups -OCH3 is 2. The van der Waals surface area contributed by atoms with E-state index < -0.39 is 16.8 Å². The highest BCUT2D eigenvalue weighted by atomic mass is 79.9. The van der Waals surface area contributed by atoms with E-state index in [1.165, 1.54) is 29.0 Å². The Labute approximate surface area is 251 Å². The first-order valence-corrected chi connectivity index (χ1v) is 13.6. The van der Waals surface area contributed by atoms with Crippen molar-refractivity contribution in [2.75, 3.05) is 25.7 Å². The molecule has 3 aromatic rings. The third-order valence-electron chi connectivity index (χ3n) is 5.84. The van der Waals surface area contributed by atoms with Crippen LogP contribution in [0.3, 0.4) is 0 Å². The number of benzene rings is 3. The Hall–Kier alpha value is -3.81. The molecule has 0 aromatic heterocycles. The van der Waals surface area contributed by atoms with E-state index in [-0.39, 0.29) is 29.6 Å². The third-order valence-corrected chi connectivity index (χ3v) is 7.42. The molecule has 0 saturated carbocycles. The number of ether oxygens (including phenoxy) is 3. The van der Waals surface area contributed by atoms with Gasteiger partial charge in [-0.05, 0) is 110 Å². The molecule has 3 aromatic carbocycles. The molecule has 1 amide bonds. The number of nitro groups is 1. The van der Waals surface area contributed by atoms with E-state index in [0.29, 0.717) is 31.7 Å². The number of rotatable bonds is 9. The van der Waals surface area contributed by atoms with Gasteiger partial charge in [0, 0.05) is 12.1 Å². The molecular formula is C27H21Br2N3O7S. The summed E-state index contributed by atoms with van der Waals surface area (Å²) in [5.74, 6) is 0.147. The Bertz CT molecular complexity index is 1490. The maximum Gasteiger partial charge on any atom is 0.325 e. The predicted octanol–water partition coefficient (Wildman–Crippen LogP) is 5.86. The number of nitrogens with zero attached hydrogens (tertiary/aromatic N) is 3. The average molecular weight is 691 g/mol. The van der Waals surface area contributed by atoms with Crippen molar-refractivity contribution in [2.24, 2.45) is 0 Å². The number of halogens is 2. The molecule has 0 N–H and O–H groups in total. The number of thiocarbonyl (C=S) groups is 1. The molecule has 10 nitrogen and oxygen atoms in total. The molecule has 206 valence electrons. The van der Waals surface area contributed by atoms with Gasteiger partial charge in [-0.3, -0.25) is 24.6 Å². The average Bonchev–Trinajstić information content (AvgIpc) is 3.16. The molecule has 1 fully saturated rings. The fourth-order valence-electron chi connectivity index (χ4n) is 3.81. The topological polar surface area (TPSA) is 111 Å². The van der Waals surface area contributed by atoms with Gasteiger partial charge in [0.05, 0.1) is 33.8 Å². The molecule has 13 heteroatoms. The predicted molar refractivity (Wildman–Crippen MR) is 159 cm³/mol. The Morgan fingerprint density at radius 2 is 1.68 bits per heavy atom. The van der Waals surface area contributed by atoms with Crippen molar-refractivity contribution in [2.45, 2.75) is 6.61 Å². The number of carbonyl (C=O) groups excluding carboxylic acids is 2. The first-order chi connectivity index (χ1) is 19.1. The number of amides is 1. The first-order valence-electron chi connectivity index (χ1n) is 11.6. The van der Waals surface area contributed by atoms with Crippen LogP contribution in [-0.4, -0.2) is 47.6 Å². The van der Waals surface area contributed by atoms with Crippen molar-refractivity contribution in [1.29, 1.82) is 0 Å². The van der Waals surface area contributed by atoms with E-state index in [1.807, 2.05) is 0 Å². The second-order valence-electron chi connectivity index (χ2n) is 8.34. The van der Waals surface area contributed by atoms with Crippen molar-refractivity contribution in [3.05, 3.63) is 96.5 Å². The van der Waals surface area contributed by atoms with Crippen LogP contribution in [0.15, 0.2) is 75.3 Å². The Balaban J connectivity index is 1.62. The number of hydrogen-bond donors (Lipinski definition) is 0. The molecule has 0 atom stereocenters. The van der Waals surface area contributed by atoms with E-state index >= 15 is 0 Å². The summed E-state index contributed by atoms with van der Waals surface area (Å²) in [4.78, 5) is 38.9. The van der Waals surface area contributed by atoms with Crippen LogP contribution in [0.1, 0.15) is 11.1 Å². The molecule has 1 aliphatic rings. The van der Waals surface area contributed by atoms with Gasteiger partial charge in [0.25, 0.3) is 11.6 Å². The number of anilines is 1. The Kier molecular flexibility index (Phi) is 9.17. The summed E-state index contributed by atoms with van der Waals surface area (Å²) in [6.07, 6.45) is 1.62. The zero-order valence-corrected chi connectivity index (χ0v) is 25.1.